The molecule has 0 unspecified atom stereocenters. The third kappa shape index (κ3) is 9.05. The van der Waals surface area contributed by atoms with Crippen molar-refractivity contribution < 1.29 is 33.7 Å². The van der Waals surface area contributed by atoms with Crippen LogP contribution in [0.2, 0.25) is 0 Å². The van der Waals surface area contributed by atoms with E-state index in [4.69, 9.17) is 19.0 Å². The van der Waals surface area contributed by atoms with E-state index in [1.165, 1.54) is 0 Å². The maximum atomic E-state index is 13.0. The van der Waals surface area contributed by atoms with Gasteiger partial charge in [0.2, 0.25) is 0 Å². The number of hydrogen-bond acceptors (Lipinski definition) is 8. The number of aliphatic hydroxyl groups is 1. The minimum Gasteiger partial charge on any atom is -0.471 e. The highest BCUT2D eigenvalue weighted by Crippen LogP contribution is 2.17. The van der Waals surface area contributed by atoms with Crippen molar-refractivity contribution in [3.8, 4) is 0 Å². The van der Waals surface area contributed by atoms with Gasteiger partial charge in [-0.15, -0.1) is 0 Å². The first-order chi connectivity index (χ1) is 20.1. The molecule has 41 heavy (non-hydrogen) atoms. The molecule has 4 aromatic rings. The van der Waals surface area contributed by atoms with Crippen LogP contribution in [0.5, 0.6) is 0 Å². The first kappa shape index (κ1) is 29.0. The number of aliphatic hydroxyl groups excluding tert-OH is 1. The molecule has 0 aliphatic rings. The predicted octanol–water partition coefficient (Wildman–Crippen LogP) is 5.42. The topological polar surface area (TPSA) is 104 Å². The average molecular weight is 554 g/mol. The van der Waals surface area contributed by atoms with E-state index in [9.17, 15) is 14.7 Å². The van der Waals surface area contributed by atoms with Gasteiger partial charge in [-0.3, -0.25) is 0 Å². The molecule has 0 aliphatic carbocycles. The summed E-state index contributed by atoms with van der Waals surface area (Å²) in [6.07, 6.45) is -2.08. The van der Waals surface area contributed by atoms with Gasteiger partial charge in [0.15, 0.2) is 6.10 Å². The summed E-state index contributed by atoms with van der Waals surface area (Å²) in [5.41, 5.74) is 2.20. The molecule has 4 aromatic carbocycles. The standard InChI is InChI=1S/C33H31NO7/c35-22-21-29(40-32(36)27-17-9-3-10-18-27)30(41-33(37)28-19-11-4-12-20-28)24-38-31(26-15-7-2-8-16-26)34-39-23-25-13-5-1-6-14-25/h1-20,29-30,35H,21-24H2/b34-31+/t29-,30+/m0/s1. The molecule has 1 N–H and O–H groups in total. The molecule has 4 rings (SSSR count). The van der Waals surface area contributed by atoms with Crippen LogP contribution in [0.25, 0.3) is 0 Å². The van der Waals surface area contributed by atoms with Crippen LogP contribution in [0, 0.1) is 0 Å². The number of rotatable bonds is 13. The number of nitrogens with zero attached hydrogens (tertiary/aromatic N) is 1. The van der Waals surface area contributed by atoms with Crippen LogP contribution in [-0.2, 0) is 25.7 Å². The van der Waals surface area contributed by atoms with Crippen molar-refractivity contribution in [2.45, 2.75) is 25.2 Å². The Kier molecular flexibility index (Phi) is 11.0. The number of benzene rings is 4. The van der Waals surface area contributed by atoms with E-state index in [1.54, 1.807) is 72.8 Å². The zero-order valence-corrected chi connectivity index (χ0v) is 22.4. The molecular weight excluding hydrogens is 522 g/mol. The molecular formula is C33H31NO7. The second-order valence-electron chi connectivity index (χ2n) is 8.96. The van der Waals surface area contributed by atoms with Crippen molar-refractivity contribution in [3.63, 3.8) is 0 Å². The first-order valence-corrected chi connectivity index (χ1v) is 13.2. The smallest absolute Gasteiger partial charge is 0.338 e. The van der Waals surface area contributed by atoms with Gasteiger partial charge < -0.3 is 24.2 Å². The van der Waals surface area contributed by atoms with Crippen LogP contribution < -0.4 is 0 Å². The highest BCUT2D eigenvalue weighted by atomic mass is 16.7. The summed E-state index contributed by atoms with van der Waals surface area (Å²) in [5.74, 6) is -1.09. The van der Waals surface area contributed by atoms with Gasteiger partial charge in [0.1, 0.15) is 19.3 Å². The monoisotopic (exact) mass is 553 g/mol. The summed E-state index contributed by atoms with van der Waals surface area (Å²) in [5, 5.41) is 14.0. The Morgan fingerprint density at radius 2 is 1.10 bits per heavy atom. The van der Waals surface area contributed by atoms with Gasteiger partial charge in [0, 0.05) is 18.6 Å². The van der Waals surface area contributed by atoms with E-state index in [-0.39, 0.29) is 32.1 Å². The van der Waals surface area contributed by atoms with Crippen molar-refractivity contribution in [3.05, 3.63) is 144 Å². The van der Waals surface area contributed by atoms with Crippen molar-refractivity contribution >= 4 is 17.8 Å². The summed E-state index contributed by atoms with van der Waals surface area (Å²) in [4.78, 5) is 31.5. The Balaban J connectivity index is 1.56. The van der Waals surface area contributed by atoms with E-state index in [2.05, 4.69) is 5.16 Å². The lowest BCUT2D eigenvalue weighted by atomic mass is 10.1. The average Bonchev–Trinajstić information content (AvgIpc) is 3.03. The van der Waals surface area contributed by atoms with E-state index in [1.807, 2.05) is 48.5 Å². The van der Waals surface area contributed by atoms with Gasteiger partial charge in [0.05, 0.1) is 11.1 Å². The minimum atomic E-state index is -1.08. The molecule has 0 radical (unpaired) electrons. The van der Waals surface area contributed by atoms with Gasteiger partial charge in [-0.25, -0.2) is 9.59 Å². The van der Waals surface area contributed by atoms with Gasteiger partial charge in [-0.2, -0.15) is 0 Å². The summed E-state index contributed by atoms with van der Waals surface area (Å²) in [6, 6.07) is 35.6. The lowest BCUT2D eigenvalue weighted by Crippen LogP contribution is -2.40. The molecule has 0 spiro atoms. The number of carbonyl (C=O) groups excluding carboxylic acids is 2. The quantitative estimate of drug-likeness (QED) is 0.102. The van der Waals surface area contributed by atoms with E-state index in [0.717, 1.165) is 5.56 Å². The minimum absolute atomic E-state index is 0.0109. The van der Waals surface area contributed by atoms with Crippen molar-refractivity contribution in [2.75, 3.05) is 13.2 Å². The second-order valence-corrected chi connectivity index (χ2v) is 8.96. The molecule has 0 aromatic heterocycles. The zero-order valence-electron chi connectivity index (χ0n) is 22.4. The van der Waals surface area contributed by atoms with Crippen LogP contribution in [0.1, 0.15) is 38.3 Å². The molecule has 0 amide bonds. The van der Waals surface area contributed by atoms with Crippen molar-refractivity contribution in [2.24, 2.45) is 5.16 Å². The largest absolute Gasteiger partial charge is 0.471 e. The fourth-order valence-corrected chi connectivity index (χ4v) is 3.87. The van der Waals surface area contributed by atoms with E-state index in [0.29, 0.717) is 16.7 Å². The van der Waals surface area contributed by atoms with Gasteiger partial charge in [-0.1, -0.05) is 84.9 Å². The number of hydrogen-bond donors (Lipinski definition) is 1. The number of carbonyl (C=O) groups is 2. The fourth-order valence-electron chi connectivity index (χ4n) is 3.87. The molecule has 0 fully saturated rings. The zero-order chi connectivity index (χ0) is 28.7. The molecule has 0 aliphatic heterocycles. The normalized spacial score (nSPS) is 12.6. The van der Waals surface area contributed by atoms with Crippen LogP contribution in [0.15, 0.2) is 126 Å². The Bertz CT molecular complexity index is 1380. The third-order valence-corrected chi connectivity index (χ3v) is 5.99. The van der Waals surface area contributed by atoms with Crippen LogP contribution in [0.4, 0.5) is 0 Å². The highest BCUT2D eigenvalue weighted by molar-refractivity contribution is 5.94. The lowest BCUT2D eigenvalue weighted by molar-refractivity contribution is -0.0575. The van der Waals surface area contributed by atoms with Gasteiger partial charge in [0.25, 0.3) is 5.90 Å². The summed E-state index contributed by atoms with van der Waals surface area (Å²) in [6.45, 7) is -0.325. The van der Waals surface area contributed by atoms with E-state index < -0.39 is 24.1 Å². The van der Waals surface area contributed by atoms with Crippen LogP contribution in [0.3, 0.4) is 0 Å². The number of ether oxygens (including phenoxy) is 3. The molecule has 0 saturated heterocycles. The Hall–Kier alpha value is -4.95. The summed E-state index contributed by atoms with van der Waals surface area (Å²) < 4.78 is 17.6. The third-order valence-electron chi connectivity index (χ3n) is 5.99. The fraction of sp³-hybridized carbons (Fsp3) is 0.182. The van der Waals surface area contributed by atoms with Gasteiger partial charge in [-0.05, 0) is 47.1 Å². The summed E-state index contributed by atoms with van der Waals surface area (Å²) in [7, 11) is 0. The van der Waals surface area contributed by atoms with Crippen LogP contribution >= 0.6 is 0 Å². The van der Waals surface area contributed by atoms with Crippen LogP contribution in [-0.4, -0.2) is 48.4 Å². The molecule has 0 saturated carbocycles. The second kappa shape index (κ2) is 15.6. The summed E-state index contributed by atoms with van der Waals surface area (Å²) >= 11 is 0. The maximum absolute atomic E-state index is 13.0. The van der Waals surface area contributed by atoms with E-state index >= 15 is 0 Å². The SMILES string of the molecule is O=C(O[C@@H](CCO)[C@@H](CO/C(=N/OCc1ccccc1)c1ccccc1)OC(=O)c1ccccc1)c1ccccc1. The Morgan fingerprint density at radius 3 is 1.61 bits per heavy atom. The predicted molar refractivity (Wildman–Crippen MR) is 153 cm³/mol. The molecule has 210 valence electrons. The Labute approximate surface area is 238 Å². The molecule has 8 nitrogen and oxygen atoms in total. The van der Waals surface area contributed by atoms with Crippen molar-refractivity contribution in [1.82, 2.24) is 0 Å². The highest BCUT2D eigenvalue weighted by Gasteiger charge is 2.31. The number of esters is 2. The van der Waals surface area contributed by atoms with Gasteiger partial charge >= 0.3 is 11.9 Å². The first-order valence-electron chi connectivity index (χ1n) is 13.2. The maximum Gasteiger partial charge on any atom is 0.338 e. The molecule has 0 bridgehead atoms. The lowest BCUT2D eigenvalue weighted by Gasteiger charge is -2.27. The Morgan fingerprint density at radius 1 is 0.634 bits per heavy atom. The number of oxime groups is 1. The molecule has 0 heterocycles. The molecule has 8 heteroatoms. The van der Waals surface area contributed by atoms with Crippen molar-refractivity contribution in [1.29, 1.82) is 0 Å². The molecule has 2 atom stereocenters.